The molecular formula is C16H30N4O2. The number of ether oxygens (including phenoxy) is 1. The van der Waals surface area contributed by atoms with Gasteiger partial charge in [0.15, 0.2) is 5.96 Å². The molecule has 0 aromatic carbocycles. The number of hydrogen-bond acceptors (Lipinski definition) is 3. The number of amides is 1. The van der Waals surface area contributed by atoms with E-state index in [9.17, 15) is 4.79 Å². The molecule has 1 heterocycles. The molecule has 1 unspecified atom stereocenters. The number of carbonyl (C=O) groups excluding carboxylic acids is 1. The molecule has 0 bridgehead atoms. The number of hydrogen-bond donors (Lipinski definition) is 1. The van der Waals surface area contributed by atoms with E-state index in [1.54, 1.807) is 19.0 Å². The number of aliphatic imine (C=N–C) groups is 1. The van der Waals surface area contributed by atoms with Gasteiger partial charge in [0.25, 0.3) is 0 Å². The molecule has 0 spiro atoms. The van der Waals surface area contributed by atoms with Crippen LogP contribution in [-0.4, -0.2) is 75.7 Å². The van der Waals surface area contributed by atoms with Crippen molar-refractivity contribution in [3.05, 3.63) is 12.7 Å². The average Bonchev–Trinajstić information content (AvgIpc) is 3.00. The summed E-state index contributed by atoms with van der Waals surface area (Å²) in [7, 11) is 5.49. The molecule has 1 N–H and O–H groups in total. The summed E-state index contributed by atoms with van der Waals surface area (Å²) in [5.41, 5.74) is 0. The standard InChI is InChI=1S/C16H30N4O2/c1-5-6-7-9-20(4)16(18-12-15(21)19(2)3)17-11-14-8-10-22-13-14/h5,14H,1,6-13H2,2-4H3,(H,17,18). The number of rotatable bonds is 8. The van der Waals surface area contributed by atoms with Crippen LogP contribution in [0.2, 0.25) is 0 Å². The van der Waals surface area contributed by atoms with E-state index in [4.69, 9.17) is 4.74 Å². The quantitative estimate of drug-likeness (QED) is 0.314. The second-order valence-electron chi connectivity index (χ2n) is 5.89. The van der Waals surface area contributed by atoms with E-state index < -0.39 is 0 Å². The molecule has 1 saturated heterocycles. The highest BCUT2D eigenvalue weighted by atomic mass is 16.5. The molecule has 6 heteroatoms. The van der Waals surface area contributed by atoms with Gasteiger partial charge in [-0.1, -0.05) is 6.08 Å². The number of likely N-dealkylation sites (N-methyl/N-ethyl adjacent to an activating group) is 1. The number of allylic oxidation sites excluding steroid dienone is 1. The normalized spacial score (nSPS) is 18.1. The molecule has 1 aliphatic rings. The van der Waals surface area contributed by atoms with E-state index in [1.807, 2.05) is 13.1 Å². The van der Waals surface area contributed by atoms with Gasteiger partial charge < -0.3 is 19.9 Å². The molecule has 1 amide bonds. The van der Waals surface area contributed by atoms with Crippen molar-refractivity contribution in [1.82, 2.24) is 15.1 Å². The lowest BCUT2D eigenvalue weighted by molar-refractivity contribution is -0.127. The molecule has 1 rings (SSSR count). The molecular weight excluding hydrogens is 280 g/mol. The minimum atomic E-state index is 0.00277. The van der Waals surface area contributed by atoms with E-state index in [1.165, 1.54) is 0 Å². The first-order valence-corrected chi connectivity index (χ1v) is 7.92. The van der Waals surface area contributed by atoms with E-state index >= 15 is 0 Å². The summed E-state index contributed by atoms with van der Waals surface area (Å²) in [6.45, 7) is 7.27. The first-order valence-electron chi connectivity index (χ1n) is 7.92. The molecule has 0 saturated carbocycles. The number of carbonyl (C=O) groups is 1. The summed E-state index contributed by atoms with van der Waals surface area (Å²) in [5, 5.41) is 3.38. The minimum absolute atomic E-state index is 0.00277. The van der Waals surface area contributed by atoms with Gasteiger partial charge in [0, 0.05) is 46.8 Å². The van der Waals surface area contributed by atoms with Crippen LogP contribution < -0.4 is 5.32 Å². The lowest BCUT2D eigenvalue weighted by atomic mass is 10.1. The first kappa shape index (κ1) is 18.5. The third kappa shape index (κ3) is 6.93. The molecule has 1 fully saturated rings. The molecule has 0 aromatic rings. The van der Waals surface area contributed by atoms with E-state index in [0.29, 0.717) is 5.92 Å². The second-order valence-corrected chi connectivity index (χ2v) is 5.89. The maximum Gasteiger partial charge on any atom is 0.243 e. The SMILES string of the molecule is C=CCCCN(C)C(=NCC(=O)N(C)C)NCC1CCOC1. The smallest absolute Gasteiger partial charge is 0.243 e. The third-order valence-electron chi connectivity index (χ3n) is 3.70. The molecule has 0 aliphatic carbocycles. The van der Waals surface area contributed by atoms with Crippen molar-refractivity contribution >= 4 is 11.9 Å². The van der Waals surface area contributed by atoms with E-state index in [2.05, 4.69) is 21.8 Å². The van der Waals surface area contributed by atoms with Crippen LogP contribution in [0.3, 0.4) is 0 Å². The minimum Gasteiger partial charge on any atom is -0.381 e. The zero-order chi connectivity index (χ0) is 16.4. The molecule has 22 heavy (non-hydrogen) atoms. The van der Waals surface area contributed by atoms with Gasteiger partial charge in [-0.15, -0.1) is 6.58 Å². The number of nitrogens with zero attached hydrogens (tertiary/aromatic N) is 3. The van der Waals surface area contributed by atoms with Crippen molar-refractivity contribution in [3.8, 4) is 0 Å². The molecule has 6 nitrogen and oxygen atoms in total. The van der Waals surface area contributed by atoms with Crippen LogP contribution in [0.15, 0.2) is 17.6 Å². The fraction of sp³-hybridized carbons (Fsp3) is 0.750. The van der Waals surface area contributed by atoms with E-state index in [-0.39, 0.29) is 12.5 Å². The Balaban J connectivity index is 2.55. The van der Waals surface area contributed by atoms with Crippen LogP contribution in [0.5, 0.6) is 0 Å². The highest BCUT2D eigenvalue weighted by Gasteiger charge is 2.17. The fourth-order valence-corrected chi connectivity index (χ4v) is 2.15. The summed E-state index contributed by atoms with van der Waals surface area (Å²) in [5.74, 6) is 1.31. The first-order chi connectivity index (χ1) is 10.5. The Hall–Kier alpha value is -1.56. The van der Waals surface area contributed by atoms with Crippen molar-refractivity contribution < 1.29 is 9.53 Å². The third-order valence-corrected chi connectivity index (χ3v) is 3.70. The number of unbranched alkanes of at least 4 members (excludes halogenated alkanes) is 1. The Kier molecular flexibility index (Phi) is 8.58. The van der Waals surface area contributed by atoms with E-state index in [0.717, 1.165) is 51.5 Å². The van der Waals surface area contributed by atoms with Crippen LogP contribution >= 0.6 is 0 Å². The average molecular weight is 310 g/mol. The molecule has 126 valence electrons. The Labute approximate surface area is 134 Å². The molecule has 1 aliphatic heterocycles. The van der Waals surface area contributed by atoms with Gasteiger partial charge in [0.1, 0.15) is 6.54 Å². The highest BCUT2D eigenvalue weighted by Crippen LogP contribution is 2.10. The van der Waals surface area contributed by atoms with Crippen LogP contribution in [0.1, 0.15) is 19.3 Å². The van der Waals surface area contributed by atoms with Gasteiger partial charge in [-0.2, -0.15) is 0 Å². The van der Waals surface area contributed by atoms with Crippen LogP contribution in [0.25, 0.3) is 0 Å². The van der Waals surface area contributed by atoms with Gasteiger partial charge in [-0.3, -0.25) is 4.79 Å². The van der Waals surface area contributed by atoms with Crippen molar-refractivity contribution in [2.24, 2.45) is 10.9 Å². The van der Waals surface area contributed by atoms with Gasteiger partial charge in [0.2, 0.25) is 5.91 Å². The van der Waals surface area contributed by atoms with Gasteiger partial charge in [0.05, 0.1) is 6.61 Å². The predicted molar refractivity (Wildman–Crippen MR) is 90.0 cm³/mol. The van der Waals surface area contributed by atoms with Crippen molar-refractivity contribution in [2.45, 2.75) is 19.3 Å². The molecule has 0 radical (unpaired) electrons. The zero-order valence-electron chi connectivity index (χ0n) is 14.2. The molecule has 1 atom stereocenters. The maximum atomic E-state index is 11.7. The number of nitrogens with one attached hydrogen (secondary N) is 1. The summed E-state index contributed by atoms with van der Waals surface area (Å²) >= 11 is 0. The largest absolute Gasteiger partial charge is 0.381 e. The van der Waals surface area contributed by atoms with Crippen LogP contribution in [0.4, 0.5) is 0 Å². The van der Waals surface area contributed by atoms with Gasteiger partial charge >= 0.3 is 0 Å². The summed E-state index contributed by atoms with van der Waals surface area (Å²) < 4.78 is 5.39. The Bertz CT molecular complexity index is 376. The zero-order valence-corrected chi connectivity index (χ0v) is 14.2. The Morgan fingerprint density at radius 1 is 1.45 bits per heavy atom. The lowest BCUT2D eigenvalue weighted by Gasteiger charge is -2.23. The topological polar surface area (TPSA) is 57.2 Å². The summed E-state index contributed by atoms with van der Waals surface area (Å²) in [6.07, 6.45) is 5.00. The lowest BCUT2D eigenvalue weighted by Crippen LogP contribution is -2.42. The Morgan fingerprint density at radius 3 is 2.82 bits per heavy atom. The van der Waals surface area contributed by atoms with Crippen LogP contribution in [0, 0.1) is 5.92 Å². The van der Waals surface area contributed by atoms with Gasteiger partial charge in [-0.05, 0) is 19.3 Å². The van der Waals surface area contributed by atoms with Gasteiger partial charge in [-0.25, -0.2) is 4.99 Å². The van der Waals surface area contributed by atoms with Crippen molar-refractivity contribution in [3.63, 3.8) is 0 Å². The maximum absolute atomic E-state index is 11.7. The monoisotopic (exact) mass is 310 g/mol. The summed E-state index contributed by atoms with van der Waals surface area (Å²) in [4.78, 5) is 19.8. The molecule has 0 aromatic heterocycles. The fourth-order valence-electron chi connectivity index (χ4n) is 2.15. The highest BCUT2D eigenvalue weighted by molar-refractivity contribution is 5.84. The van der Waals surface area contributed by atoms with Crippen LogP contribution in [-0.2, 0) is 9.53 Å². The second kappa shape index (κ2) is 10.2. The predicted octanol–water partition coefficient (Wildman–Crippen LogP) is 0.955. The van der Waals surface area contributed by atoms with Crippen molar-refractivity contribution in [1.29, 1.82) is 0 Å². The summed E-state index contributed by atoms with van der Waals surface area (Å²) in [6, 6.07) is 0. The number of guanidine groups is 1. The van der Waals surface area contributed by atoms with Crippen molar-refractivity contribution in [2.75, 3.05) is 54.0 Å². The Morgan fingerprint density at radius 2 is 2.23 bits per heavy atom.